The molecule has 0 aliphatic carbocycles. The third-order valence-electron chi connectivity index (χ3n) is 4.99. The number of benzene rings is 1. The Balaban J connectivity index is 1.43. The van der Waals surface area contributed by atoms with Gasteiger partial charge in [0.25, 0.3) is 11.8 Å². The van der Waals surface area contributed by atoms with Gasteiger partial charge in [-0.25, -0.2) is 15.0 Å². The molecule has 0 radical (unpaired) electrons. The van der Waals surface area contributed by atoms with Gasteiger partial charge in [-0.3, -0.25) is 14.3 Å². The molecule has 0 saturated heterocycles. The number of aromatic nitrogens is 5. The van der Waals surface area contributed by atoms with E-state index in [0.29, 0.717) is 21.7 Å². The highest BCUT2D eigenvalue weighted by Crippen LogP contribution is 2.33. The van der Waals surface area contributed by atoms with Crippen molar-refractivity contribution in [2.75, 3.05) is 5.32 Å². The summed E-state index contributed by atoms with van der Waals surface area (Å²) < 4.78 is 40.9. The molecule has 0 unspecified atom stereocenters. The van der Waals surface area contributed by atoms with Crippen molar-refractivity contribution in [2.45, 2.75) is 26.6 Å². The fourth-order valence-electron chi connectivity index (χ4n) is 3.38. The highest BCUT2D eigenvalue weighted by atomic mass is 32.1. The fourth-order valence-corrected chi connectivity index (χ4v) is 4.14. The van der Waals surface area contributed by atoms with Crippen LogP contribution in [0.1, 0.15) is 42.0 Å². The molecule has 0 spiro atoms. The molecule has 3 heterocycles. The number of thiazole rings is 1. The third-order valence-corrected chi connectivity index (χ3v) is 5.99. The Hall–Kier alpha value is -3.87. The summed E-state index contributed by atoms with van der Waals surface area (Å²) in [6.45, 7) is 3.13. The zero-order chi connectivity index (χ0) is 24.6. The maximum absolute atomic E-state index is 13.1. The van der Waals surface area contributed by atoms with Crippen molar-refractivity contribution in [2.24, 2.45) is 7.05 Å². The first-order valence-electron chi connectivity index (χ1n) is 9.91. The van der Waals surface area contributed by atoms with Crippen LogP contribution in [0.25, 0.3) is 11.0 Å². The van der Waals surface area contributed by atoms with Crippen LogP contribution in [0.3, 0.4) is 0 Å². The van der Waals surface area contributed by atoms with E-state index in [9.17, 15) is 22.8 Å². The normalized spacial score (nSPS) is 11.6. The first-order valence-corrected chi connectivity index (χ1v) is 10.7. The van der Waals surface area contributed by atoms with E-state index in [1.54, 1.807) is 18.7 Å². The van der Waals surface area contributed by atoms with Gasteiger partial charge >= 0.3 is 6.18 Å². The van der Waals surface area contributed by atoms with Crippen LogP contribution in [0.5, 0.6) is 0 Å². The minimum Gasteiger partial charge on any atom is -0.344 e. The summed E-state index contributed by atoms with van der Waals surface area (Å²) in [5.74, 6) is -1.06. The zero-order valence-electron chi connectivity index (χ0n) is 18.2. The van der Waals surface area contributed by atoms with Gasteiger partial charge in [-0.2, -0.15) is 18.3 Å². The molecule has 0 bridgehead atoms. The van der Waals surface area contributed by atoms with E-state index < -0.39 is 23.6 Å². The van der Waals surface area contributed by atoms with Gasteiger partial charge in [0, 0.05) is 12.7 Å². The molecule has 13 heteroatoms. The van der Waals surface area contributed by atoms with E-state index in [0.717, 1.165) is 17.4 Å². The number of carbonyl (C=O) groups is 2. The van der Waals surface area contributed by atoms with Gasteiger partial charge in [0.1, 0.15) is 21.9 Å². The highest BCUT2D eigenvalue weighted by molar-refractivity contribution is 7.13. The Kier molecular flexibility index (Phi) is 6.04. The Labute approximate surface area is 195 Å². The van der Waals surface area contributed by atoms with Crippen molar-refractivity contribution in [1.82, 2.24) is 30.0 Å². The van der Waals surface area contributed by atoms with Gasteiger partial charge in [-0.1, -0.05) is 6.07 Å². The number of rotatable bonds is 5. The maximum Gasteiger partial charge on any atom is 0.416 e. The van der Waals surface area contributed by atoms with Crippen molar-refractivity contribution < 1.29 is 22.8 Å². The number of halogens is 3. The average molecular weight is 489 g/mol. The molecule has 176 valence electrons. The Bertz CT molecular complexity index is 1410. The predicted molar refractivity (Wildman–Crippen MR) is 118 cm³/mol. The number of hydrogen-bond donors (Lipinski definition) is 2. The van der Waals surface area contributed by atoms with Gasteiger partial charge in [-0.15, -0.1) is 11.3 Å². The van der Waals surface area contributed by atoms with E-state index in [4.69, 9.17) is 0 Å². The van der Waals surface area contributed by atoms with Gasteiger partial charge in [0.05, 0.1) is 29.4 Å². The number of fused-ring (bicyclic) bond motifs is 1. The molecule has 4 aromatic rings. The van der Waals surface area contributed by atoms with Crippen LogP contribution in [0, 0.1) is 13.8 Å². The van der Waals surface area contributed by atoms with E-state index >= 15 is 0 Å². The number of hydrogen-bond acceptors (Lipinski definition) is 7. The predicted octanol–water partition coefficient (Wildman–Crippen LogP) is 3.64. The summed E-state index contributed by atoms with van der Waals surface area (Å²) in [7, 11) is 1.71. The molecule has 0 atom stereocenters. The first kappa shape index (κ1) is 23.3. The van der Waals surface area contributed by atoms with E-state index in [1.165, 1.54) is 31.6 Å². The number of anilines is 1. The smallest absolute Gasteiger partial charge is 0.344 e. The van der Waals surface area contributed by atoms with Gasteiger partial charge in [-0.05, 0) is 31.5 Å². The highest BCUT2D eigenvalue weighted by Gasteiger charge is 2.32. The first-order chi connectivity index (χ1) is 16.0. The summed E-state index contributed by atoms with van der Waals surface area (Å²) in [5, 5.41) is 10.4. The van der Waals surface area contributed by atoms with E-state index in [2.05, 4.69) is 30.7 Å². The monoisotopic (exact) mass is 489 g/mol. The van der Waals surface area contributed by atoms with Gasteiger partial charge in [0.15, 0.2) is 5.65 Å². The van der Waals surface area contributed by atoms with Crippen LogP contribution in [-0.2, 0) is 19.8 Å². The quantitative estimate of drug-likeness (QED) is 0.442. The lowest BCUT2D eigenvalue weighted by Gasteiger charge is -2.12. The van der Waals surface area contributed by atoms with E-state index in [1.807, 2.05) is 0 Å². The van der Waals surface area contributed by atoms with Crippen LogP contribution < -0.4 is 10.6 Å². The van der Waals surface area contributed by atoms with Gasteiger partial charge < -0.3 is 10.6 Å². The van der Waals surface area contributed by atoms with Crippen LogP contribution >= 0.6 is 11.3 Å². The largest absolute Gasteiger partial charge is 0.416 e. The molecule has 0 saturated carbocycles. The Morgan fingerprint density at radius 1 is 1.12 bits per heavy atom. The number of alkyl halides is 3. The second-order valence-corrected chi connectivity index (χ2v) is 8.53. The molecule has 0 aliphatic heterocycles. The molecule has 9 nitrogen and oxygen atoms in total. The van der Waals surface area contributed by atoms with Crippen LogP contribution in [0.4, 0.5) is 18.9 Å². The molecular weight excluding hydrogens is 471 g/mol. The second-order valence-electron chi connectivity index (χ2n) is 7.41. The minimum atomic E-state index is -4.52. The second kappa shape index (κ2) is 8.82. The van der Waals surface area contributed by atoms with Crippen molar-refractivity contribution in [3.8, 4) is 0 Å². The number of carbonyl (C=O) groups excluding carboxylic acids is 2. The minimum absolute atomic E-state index is 0.0193. The third kappa shape index (κ3) is 4.59. The average Bonchev–Trinajstić information content (AvgIpc) is 3.37. The summed E-state index contributed by atoms with van der Waals surface area (Å²) in [6, 6.07) is 3.58. The summed E-state index contributed by atoms with van der Waals surface area (Å²) in [6.07, 6.45) is -1.95. The van der Waals surface area contributed by atoms with Crippen molar-refractivity contribution in [3.05, 3.63) is 63.1 Å². The summed E-state index contributed by atoms with van der Waals surface area (Å²) in [4.78, 5) is 37.7. The molecule has 0 fully saturated rings. The molecule has 2 N–H and O–H groups in total. The lowest BCUT2D eigenvalue weighted by atomic mass is 10.1. The number of amides is 2. The maximum atomic E-state index is 13.1. The molecule has 0 aliphatic rings. The zero-order valence-corrected chi connectivity index (χ0v) is 19.0. The molecule has 2 amide bonds. The number of nitrogens with one attached hydrogen (secondary N) is 2. The molecular formula is C21H18F3N7O2S. The lowest BCUT2D eigenvalue weighted by molar-refractivity contribution is -0.138. The Morgan fingerprint density at radius 3 is 2.62 bits per heavy atom. The summed E-state index contributed by atoms with van der Waals surface area (Å²) in [5.41, 5.74) is 0.567. The van der Waals surface area contributed by atoms with Crippen LogP contribution in [0.15, 0.2) is 30.7 Å². The molecule has 4 rings (SSSR count). The lowest BCUT2D eigenvalue weighted by Crippen LogP contribution is -2.24. The summed E-state index contributed by atoms with van der Waals surface area (Å²) >= 11 is 1.01. The molecule has 34 heavy (non-hydrogen) atoms. The number of aryl methyl sites for hydroxylation is 3. The van der Waals surface area contributed by atoms with Crippen molar-refractivity contribution >= 4 is 39.9 Å². The van der Waals surface area contributed by atoms with Crippen molar-refractivity contribution in [3.63, 3.8) is 0 Å². The fraction of sp³-hybridized carbons (Fsp3) is 0.238. The van der Waals surface area contributed by atoms with Gasteiger partial charge in [0.2, 0.25) is 0 Å². The molecule has 3 aromatic heterocycles. The van der Waals surface area contributed by atoms with Crippen molar-refractivity contribution in [1.29, 1.82) is 0 Å². The molecule has 1 aromatic carbocycles. The topological polar surface area (TPSA) is 115 Å². The number of nitrogens with zero attached hydrogens (tertiary/aromatic N) is 5. The Morgan fingerprint density at radius 2 is 1.88 bits per heavy atom. The van der Waals surface area contributed by atoms with E-state index in [-0.39, 0.29) is 28.4 Å². The SMILES string of the molecule is Cc1ccc(NC(=O)c2cnc(CNC(=O)c3ncnc4c3c(C)nn4C)s2)cc1C(F)(F)F. The standard InChI is InChI=1S/C21H18F3N7O2S/c1-10-4-5-12(6-13(10)21(22,23)24)29-19(32)14-7-25-15(34-14)8-26-20(33)17-16-11(2)30-31(3)18(16)28-9-27-17/h4-7,9H,8H2,1-3H3,(H,26,33)(H,29,32). The van der Waals surface area contributed by atoms with Crippen LogP contribution in [0.2, 0.25) is 0 Å². The van der Waals surface area contributed by atoms with Crippen LogP contribution in [-0.4, -0.2) is 36.5 Å².